The number of hydrogen-bond donors (Lipinski definition) is 2. The second-order valence-electron chi connectivity index (χ2n) is 10.3. The van der Waals surface area contributed by atoms with E-state index in [9.17, 15) is 40.3 Å². The molecular weight excluding hydrogens is 538 g/mol. The number of carbonyl (C=O) groups excluding carboxylic acids is 1. The Morgan fingerprint density at radius 3 is 2.32 bits per heavy atom. The van der Waals surface area contributed by atoms with Crippen LogP contribution in [-0.2, 0) is 21.2 Å². The second-order valence-corrected chi connectivity index (χ2v) is 12.3. The molecule has 4 unspecified atom stereocenters. The smallest absolute Gasteiger partial charge is 0.373 e. The van der Waals surface area contributed by atoms with E-state index < -0.39 is 80.9 Å². The van der Waals surface area contributed by atoms with Crippen LogP contribution in [0.5, 0.6) is 0 Å². The molecule has 3 fully saturated rings. The summed E-state index contributed by atoms with van der Waals surface area (Å²) in [5.41, 5.74) is -4.14. The molecule has 2 N–H and O–H groups in total. The maximum atomic E-state index is 15.6. The van der Waals surface area contributed by atoms with Crippen molar-refractivity contribution in [3.05, 3.63) is 59.4 Å². The third-order valence-corrected chi connectivity index (χ3v) is 9.49. The Morgan fingerprint density at radius 2 is 1.74 bits per heavy atom. The first-order valence-electron chi connectivity index (χ1n) is 12.0. The Balaban J connectivity index is 1.53. The van der Waals surface area contributed by atoms with Gasteiger partial charge in [-0.15, -0.1) is 0 Å². The van der Waals surface area contributed by atoms with Crippen molar-refractivity contribution in [1.29, 1.82) is 0 Å². The number of nitrogens with zero attached hydrogens (tertiary/aromatic N) is 1. The Labute approximate surface area is 214 Å². The van der Waals surface area contributed by atoms with Gasteiger partial charge in [-0.05, 0) is 61.8 Å². The number of hydrogen-bond acceptors (Lipinski definition) is 4. The molecule has 1 heterocycles. The average Bonchev–Trinajstić information content (AvgIpc) is 3.71. The molecule has 1 saturated heterocycles. The number of alkyl halides is 3. The van der Waals surface area contributed by atoms with E-state index in [-0.39, 0.29) is 23.1 Å². The molecule has 2 aliphatic carbocycles. The van der Waals surface area contributed by atoms with Gasteiger partial charge in [0.05, 0.1) is 11.3 Å². The predicted octanol–water partition coefficient (Wildman–Crippen LogP) is 3.68. The number of halogens is 6. The van der Waals surface area contributed by atoms with Gasteiger partial charge in [-0.1, -0.05) is 18.2 Å². The van der Waals surface area contributed by atoms with Crippen molar-refractivity contribution in [2.45, 2.75) is 67.8 Å². The van der Waals surface area contributed by atoms with Gasteiger partial charge in [-0.25, -0.2) is 26.3 Å². The zero-order valence-corrected chi connectivity index (χ0v) is 20.8. The minimum absolute atomic E-state index is 0.0986. The number of fused-ring (bicyclic) bond motifs is 1. The maximum Gasteiger partial charge on any atom is 0.426 e. The molecule has 0 radical (unpaired) electrons. The minimum Gasteiger partial charge on any atom is -0.373 e. The average molecular weight is 563 g/mol. The number of aliphatic hydroxyl groups is 1. The Hall–Kier alpha value is -2.64. The van der Waals surface area contributed by atoms with Crippen molar-refractivity contribution in [3.8, 4) is 11.1 Å². The van der Waals surface area contributed by atoms with Crippen LogP contribution in [0.15, 0.2) is 36.4 Å². The zero-order valence-electron chi connectivity index (χ0n) is 20.0. The van der Waals surface area contributed by atoms with E-state index in [0.29, 0.717) is 25.8 Å². The summed E-state index contributed by atoms with van der Waals surface area (Å²) in [6, 6.07) is 3.38. The molecule has 1 aliphatic heterocycles. The van der Waals surface area contributed by atoms with Gasteiger partial charge in [-0.3, -0.25) is 4.79 Å². The first-order valence-corrected chi connectivity index (χ1v) is 13.5. The van der Waals surface area contributed by atoms with E-state index in [1.807, 2.05) is 0 Å². The summed E-state index contributed by atoms with van der Waals surface area (Å²) in [5, 5.41) is 9.47. The fraction of sp³-hybridized carbons (Fsp3) is 0.480. The van der Waals surface area contributed by atoms with Gasteiger partial charge in [0, 0.05) is 23.7 Å². The fourth-order valence-electron chi connectivity index (χ4n) is 5.23. The van der Waals surface area contributed by atoms with E-state index >= 15 is 4.39 Å². The quantitative estimate of drug-likeness (QED) is 0.505. The monoisotopic (exact) mass is 562 g/mol. The van der Waals surface area contributed by atoms with E-state index in [2.05, 4.69) is 4.72 Å². The lowest BCUT2D eigenvalue weighted by Gasteiger charge is -2.37. The highest BCUT2D eigenvalue weighted by Crippen LogP contribution is 2.51. The van der Waals surface area contributed by atoms with E-state index in [4.69, 9.17) is 0 Å². The summed E-state index contributed by atoms with van der Waals surface area (Å²) in [7, 11) is -3.84. The summed E-state index contributed by atoms with van der Waals surface area (Å²) in [6.07, 6.45) is -4.64. The lowest BCUT2D eigenvalue weighted by Crippen LogP contribution is -2.60. The molecule has 0 bridgehead atoms. The Bertz CT molecular complexity index is 1370. The third kappa shape index (κ3) is 4.68. The maximum absolute atomic E-state index is 15.6. The first-order chi connectivity index (χ1) is 17.6. The molecule has 2 aromatic rings. The van der Waals surface area contributed by atoms with Crippen LogP contribution in [0.2, 0.25) is 0 Å². The molecule has 3 aliphatic rings. The number of likely N-dealkylation sites (tertiary alicyclic amines) is 1. The number of sulfonamides is 1. The number of rotatable bonds is 7. The molecule has 0 spiro atoms. The van der Waals surface area contributed by atoms with E-state index in [1.165, 1.54) is 18.2 Å². The van der Waals surface area contributed by atoms with Gasteiger partial charge in [0.15, 0.2) is 0 Å². The van der Waals surface area contributed by atoms with Crippen LogP contribution in [0.25, 0.3) is 11.1 Å². The number of nitrogens with one attached hydrogen (secondary N) is 1. The van der Waals surface area contributed by atoms with Gasteiger partial charge in [0.2, 0.25) is 15.6 Å². The van der Waals surface area contributed by atoms with Gasteiger partial charge in [-0.2, -0.15) is 13.2 Å². The number of piperidine rings is 1. The molecule has 0 aromatic heterocycles. The standard InChI is InChI=1S/C25H24F6N2O4S/c1-24(35,25(29,30)31)23(34)33-19-11-18(19)22(32-38(36,37)16-5-6-16)20(33)9-12-3-2-4-17(21(12)28)13-7-14(26)10-15(27)8-13/h2-4,7-8,10,16,18-20,22,32,35H,5-6,9,11H2,1H3/t18?,19?,20?,22?,24-/m1/s1. The molecule has 5 rings (SSSR count). The number of amides is 1. The summed E-state index contributed by atoms with van der Waals surface area (Å²) < 4.78 is 112. The van der Waals surface area contributed by atoms with Crippen molar-refractivity contribution in [3.63, 3.8) is 0 Å². The van der Waals surface area contributed by atoms with Crippen LogP contribution < -0.4 is 4.72 Å². The highest BCUT2D eigenvalue weighted by Gasteiger charge is 2.66. The van der Waals surface area contributed by atoms with Crippen molar-refractivity contribution in [1.82, 2.24) is 9.62 Å². The molecular formula is C25H24F6N2O4S. The predicted molar refractivity (Wildman–Crippen MR) is 124 cm³/mol. The lowest BCUT2D eigenvalue weighted by atomic mass is 9.93. The fourth-order valence-corrected chi connectivity index (χ4v) is 6.90. The molecule has 6 nitrogen and oxygen atoms in total. The van der Waals surface area contributed by atoms with Crippen LogP contribution >= 0.6 is 0 Å². The Kier molecular flexibility index (Phi) is 6.35. The van der Waals surface area contributed by atoms with Crippen LogP contribution in [0.3, 0.4) is 0 Å². The van der Waals surface area contributed by atoms with Crippen molar-refractivity contribution in [2.75, 3.05) is 0 Å². The number of carbonyl (C=O) groups is 1. The van der Waals surface area contributed by atoms with E-state index in [1.54, 1.807) is 0 Å². The van der Waals surface area contributed by atoms with Gasteiger partial charge in [0.25, 0.3) is 5.91 Å². The molecule has 206 valence electrons. The van der Waals surface area contributed by atoms with E-state index in [0.717, 1.165) is 17.0 Å². The SMILES string of the molecule is C[C@@](O)(C(=O)N1C2CC2C(NS(=O)(=O)C2CC2)C1Cc1cccc(-c2cc(F)cc(F)c2)c1F)C(F)(F)F. The number of benzene rings is 2. The van der Waals surface area contributed by atoms with Crippen LogP contribution in [0, 0.1) is 23.4 Å². The Morgan fingerprint density at radius 1 is 1.11 bits per heavy atom. The third-order valence-electron chi connectivity index (χ3n) is 7.54. The minimum atomic E-state index is -5.31. The zero-order chi connectivity index (χ0) is 27.8. The van der Waals surface area contributed by atoms with Crippen LogP contribution in [-0.4, -0.2) is 59.5 Å². The molecule has 38 heavy (non-hydrogen) atoms. The van der Waals surface area contributed by atoms with Crippen molar-refractivity contribution < 1.29 is 44.7 Å². The molecule has 13 heteroatoms. The summed E-state index contributed by atoms with van der Waals surface area (Å²) in [4.78, 5) is 13.9. The van der Waals surface area contributed by atoms with Crippen LogP contribution in [0.4, 0.5) is 26.3 Å². The van der Waals surface area contributed by atoms with Crippen molar-refractivity contribution >= 4 is 15.9 Å². The normalized spacial score (nSPS) is 26.7. The summed E-state index contributed by atoms with van der Waals surface area (Å²) in [6.45, 7) is 0.325. The molecule has 2 aromatic carbocycles. The van der Waals surface area contributed by atoms with Crippen molar-refractivity contribution in [2.24, 2.45) is 5.92 Å². The van der Waals surface area contributed by atoms with Gasteiger partial charge >= 0.3 is 6.18 Å². The van der Waals surface area contributed by atoms with Crippen LogP contribution in [0.1, 0.15) is 31.7 Å². The lowest BCUT2D eigenvalue weighted by molar-refractivity contribution is -0.251. The van der Waals surface area contributed by atoms with Gasteiger partial charge in [0.1, 0.15) is 17.5 Å². The molecule has 1 amide bonds. The topological polar surface area (TPSA) is 86.7 Å². The van der Waals surface area contributed by atoms with Gasteiger partial charge < -0.3 is 10.0 Å². The summed E-state index contributed by atoms with van der Waals surface area (Å²) >= 11 is 0. The highest BCUT2D eigenvalue weighted by molar-refractivity contribution is 7.90. The summed E-state index contributed by atoms with van der Waals surface area (Å²) in [5.74, 6) is -4.97. The second kappa shape index (κ2) is 8.95. The highest BCUT2D eigenvalue weighted by atomic mass is 32.2. The largest absolute Gasteiger partial charge is 0.426 e. The molecule has 2 saturated carbocycles. The molecule has 5 atom stereocenters. The first kappa shape index (κ1) is 26.9.